The fourth-order valence-electron chi connectivity index (χ4n) is 1.86. The van der Waals surface area contributed by atoms with Gasteiger partial charge in [-0.25, -0.2) is 0 Å². The van der Waals surface area contributed by atoms with E-state index < -0.39 is 20.2 Å². The van der Waals surface area contributed by atoms with Gasteiger partial charge in [-0.15, -0.1) is 0 Å². The second-order valence-electron chi connectivity index (χ2n) is 5.97. The van der Waals surface area contributed by atoms with Gasteiger partial charge in [0.15, 0.2) is 0 Å². The Morgan fingerprint density at radius 3 is 1.81 bits per heavy atom. The van der Waals surface area contributed by atoms with Crippen LogP contribution in [-0.4, -0.2) is 94.2 Å². The fourth-order valence-corrected chi connectivity index (χ4v) is 2.84. The Kier molecular flexibility index (Phi) is 8.29. The van der Waals surface area contributed by atoms with Crippen molar-refractivity contribution in [3.63, 3.8) is 0 Å². The third-order valence-corrected chi connectivity index (χ3v) is 4.80. The third-order valence-electron chi connectivity index (χ3n) is 3.19. The van der Waals surface area contributed by atoms with Crippen LogP contribution in [0.15, 0.2) is 0 Å². The lowest BCUT2D eigenvalue weighted by Gasteiger charge is -2.31. The van der Waals surface area contributed by atoms with E-state index in [4.69, 9.17) is 9.11 Å². The molecule has 2 N–H and O–H groups in total. The Bertz CT molecular complexity index is 501. The average Bonchev–Trinajstić information content (AvgIpc) is 2.22. The van der Waals surface area contributed by atoms with Crippen molar-refractivity contribution >= 4 is 20.2 Å². The van der Waals surface area contributed by atoms with Gasteiger partial charge in [-0.1, -0.05) is 0 Å². The first kappa shape index (κ1) is 20.7. The van der Waals surface area contributed by atoms with Gasteiger partial charge in [0.1, 0.15) is 0 Å². The zero-order chi connectivity index (χ0) is 16.7. The molecule has 21 heavy (non-hydrogen) atoms. The van der Waals surface area contributed by atoms with Gasteiger partial charge >= 0.3 is 0 Å². The summed E-state index contributed by atoms with van der Waals surface area (Å²) in [7, 11) is -2.01. The second-order valence-corrected chi connectivity index (χ2v) is 9.11. The van der Waals surface area contributed by atoms with Crippen molar-refractivity contribution in [2.75, 3.05) is 58.8 Å². The van der Waals surface area contributed by atoms with E-state index in [9.17, 15) is 16.8 Å². The smallest absolute Gasteiger partial charge is 0.265 e. The molecule has 0 bridgehead atoms. The van der Waals surface area contributed by atoms with E-state index in [1.54, 1.807) is 0 Å². The van der Waals surface area contributed by atoms with Gasteiger partial charge in [0.25, 0.3) is 20.2 Å². The van der Waals surface area contributed by atoms with Gasteiger partial charge in [0.05, 0.1) is 38.7 Å². The molecule has 0 amide bonds. The minimum absolute atomic E-state index is 0.237. The number of likely N-dealkylation sites (N-methyl/N-ethyl adjacent to an activating group) is 2. The van der Waals surface area contributed by atoms with Crippen LogP contribution in [0.4, 0.5) is 0 Å². The topological polar surface area (TPSA) is 112 Å². The molecule has 0 aromatic carbocycles. The maximum atomic E-state index is 10.7. The minimum atomic E-state index is -3.90. The normalized spacial score (nSPS) is 13.8. The monoisotopic (exact) mass is 347 g/mol. The Morgan fingerprint density at radius 1 is 0.857 bits per heavy atom. The molecule has 128 valence electrons. The first-order valence-corrected chi connectivity index (χ1v) is 9.93. The van der Waals surface area contributed by atoms with E-state index in [0.29, 0.717) is 30.4 Å². The van der Waals surface area contributed by atoms with Gasteiger partial charge in [-0.05, 0) is 20.0 Å². The van der Waals surface area contributed by atoms with Crippen LogP contribution in [-0.2, 0) is 20.2 Å². The summed E-state index contributed by atoms with van der Waals surface area (Å²) in [6.45, 7) is 2.68. The highest BCUT2D eigenvalue weighted by atomic mass is 32.2. The van der Waals surface area contributed by atoms with Gasteiger partial charge in [0, 0.05) is 13.0 Å². The van der Waals surface area contributed by atoms with E-state index >= 15 is 0 Å². The van der Waals surface area contributed by atoms with Crippen LogP contribution in [0.1, 0.15) is 12.8 Å². The summed E-state index contributed by atoms with van der Waals surface area (Å²) in [4.78, 5) is 1.97. The summed E-state index contributed by atoms with van der Waals surface area (Å²) < 4.78 is 60.4. The molecule has 0 heterocycles. The van der Waals surface area contributed by atoms with E-state index in [-0.39, 0.29) is 11.5 Å². The number of rotatable bonds is 11. The van der Waals surface area contributed by atoms with Gasteiger partial charge in [-0.2, -0.15) is 16.8 Å². The van der Waals surface area contributed by atoms with Crippen molar-refractivity contribution in [3.8, 4) is 0 Å². The van der Waals surface area contributed by atoms with Crippen molar-refractivity contribution in [1.29, 1.82) is 0 Å². The number of hydrogen-bond donors (Lipinski definition) is 2. The summed E-state index contributed by atoms with van der Waals surface area (Å²) in [6.07, 6.45) is 0.754. The molecule has 0 atom stereocenters. The maximum absolute atomic E-state index is 10.7. The van der Waals surface area contributed by atoms with Crippen LogP contribution in [0.5, 0.6) is 0 Å². The van der Waals surface area contributed by atoms with Crippen LogP contribution in [0.25, 0.3) is 0 Å². The van der Waals surface area contributed by atoms with Crippen molar-refractivity contribution in [2.45, 2.75) is 12.8 Å². The summed E-state index contributed by atoms with van der Waals surface area (Å²) in [6, 6.07) is 0. The molecule has 0 radical (unpaired) electrons. The molecular weight excluding hydrogens is 320 g/mol. The molecule has 0 aromatic rings. The fraction of sp³-hybridized carbons (Fsp3) is 1.00. The lowest BCUT2D eigenvalue weighted by atomic mass is 10.3. The first-order chi connectivity index (χ1) is 9.31. The van der Waals surface area contributed by atoms with Crippen LogP contribution >= 0.6 is 0 Å². The Balaban J connectivity index is 3.95. The van der Waals surface area contributed by atoms with Gasteiger partial charge in [-0.3, -0.25) is 9.11 Å². The average molecular weight is 347 g/mol. The molecule has 10 heteroatoms. The van der Waals surface area contributed by atoms with Gasteiger partial charge < -0.3 is 9.38 Å². The standard InChI is InChI=1S/C11H26N2O6S2/c1-12(6-4-10-20(14,15)16)7-9-13(2,3)8-5-11-21(17,18)19/h4-11H2,1-3H3,(H-,14,15,16,17,18,19)/p+1. The Hall–Kier alpha value is -0.260. The van der Waals surface area contributed by atoms with Crippen molar-refractivity contribution in [1.82, 2.24) is 4.90 Å². The zero-order valence-electron chi connectivity index (χ0n) is 12.9. The lowest BCUT2D eigenvalue weighted by molar-refractivity contribution is -0.889. The lowest BCUT2D eigenvalue weighted by Crippen LogP contribution is -2.46. The summed E-state index contributed by atoms with van der Waals surface area (Å²) in [5, 5.41) is 0. The predicted molar refractivity (Wildman–Crippen MR) is 81.4 cm³/mol. The molecule has 0 rings (SSSR count). The molecule has 0 aromatic heterocycles. The van der Waals surface area contributed by atoms with E-state index in [2.05, 4.69) is 0 Å². The van der Waals surface area contributed by atoms with Crippen LogP contribution in [0.2, 0.25) is 0 Å². The quantitative estimate of drug-likeness (QED) is 0.384. The molecule has 0 saturated heterocycles. The maximum Gasteiger partial charge on any atom is 0.265 e. The van der Waals surface area contributed by atoms with Crippen LogP contribution < -0.4 is 0 Å². The van der Waals surface area contributed by atoms with Crippen molar-refractivity contribution < 1.29 is 30.4 Å². The largest absolute Gasteiger partial charge is 0.327 e. The molecule has 0 fully saturated rings. The molecule has 0 saturated carbocycles. The highest BCUT2D eigenvalue weighted by molar-refractivity contribution is 7.86. The summed E-state index contributed by atoms with van der Waals surface area (Å²) in [5.74, 6) is -0.483. The van der Waals surface area contributed by atoms with Crippen molar-refractivity contribution in [2.24, 2.45) is 0 Å². The van der Waals surface area contributed by atoms with Crippen molar-refractivity contribution in [3.05, 3.63) is 0 Å². The SMILES string of the molecule is CN(CCCS(=O)(=O)O)CC[N+](C)(C)CCCS(=O)(=O)O. The summed E-state index contributed by atoms with van der Waals surface area (Å²) in [5.41, 5.74) is 0. The zero-order valence-corrected chi connectivity index (χ0v) is 14.5. The molecule has 0 aliphatic rings. The molecule has 0 aliphatic carbocycles. The molecule has 8 nitrogen and oxygen atoms in total. The van der Waals surface area contributed by atoms with Crippen LogP contribution in [0.3, 0.4) is 0 Å². The number of quaternary nitrogens is 1. The van der Waals surface area contributed by atoms with Crippen LogP contribution in [0, 0.1) is 0 Å². The first-order valence-electron chi connectivity index (χ1n) is 6.72. The van der Waals surface area contributed by atoms with E-state index in [0.717, 1.165) is 13.1 Å². The van der Waals surface area contributed by atoms with E-state index in [1.807, 2.05) is 26.0 Å². The highest BCUT2D eigenvalue weighted by Gasteiger charge is 2.17. The Morgan fingerprint density at radius 2 is 1.33 bits per heavy atom. The third kappa shape index (κ3) is 14.4. The minimum Gasteiger partial charge on any atom is -0.327 e. The molecule has 0 aliphatic heterocycles. The number of hydrogen-bond acceptors (Lipinski definition) is 5. The molecule has 0 spiro atoms. The predicted octanol–water partition coefficient (Wildman–Crippen LogP) is -0.450. The number of nitrogens with zero attached hydrogens (tertiary/aromatic N) is 2. The molecule has 0 unspecified atom stereocenters. The van der Waals surface area contributed by atoms with Gasteiger partial charge in [0.2, 0.25) is 0 Å². The summed E-state index contributed by atoms with van der Waals surface area (Å²) >= 11 is 0. The Labute approximate surface area is 127 Å². The highest BCUT2D eigenvalue weighted by Crippen LogP contribution is 2.02. The molecular formula is C11H27N2O6S2+. The second kappa shape index (κ2) is 8.39. The van der Waals surface area contributed by atoms with E-state index in [1.165, 1.54) is 0 Å².